The molecule has 3 heterocycles. The zero-order chi connectivity index (χ0) is 12.0. The van der Waals surface area contributed by atoms with E-state index in [4.69, 9.17) is 0 Å². The molecule has 0 radical (unpaired) electrons. The lowest BCUT2D eigenvalue weighted by Crippen LogP contribution is -2.26. The number of alkyl halides is 2. The Balaban J connectivity index is 2.06. The molecule has 7 heteroatoms. The molecule has 1 fully saturated rings. The molecule has 17 heavy (non-hydrogen) atoms. The second-order valence-electron chi connectivity index (χ2n) is 4.22. The fourth-order valence-electron chi connectivity index (χ4n) is 2.07. The summed E-state index contributed by atoms with van der Waals surface area (Å²) in [6.45, 7) is 1.81. The van der Waals surface area contributed by atoms with Gasteiger partial charge in [0.2, 0.25) is 5.65 Å². The molecule has 1 aliphatic rings. The monoisotopic (exact) mass is 239 g/mol. The van der Waals surface area contributed by atoms with Crippen LogP contribution in [0.25, 0.3) is 5.65 Å². The fourth-order valence-corrected chi connectivity index (χ4v) is 2.07. The second kappa shape index (κ2) is 3.35. The van der Waals surface area contributed by atoms with Crippen LogP contribution >= 0.6 is 0 Å². The molecule has 2 aromatic heterocycles. The molecule has 0 bridgehead atoms. The molecule has 0 unspecified atom stereocenters. The lowest BCUT2D eigenvalue weighted by atomic mass is 10.3. The van der Waals surface area contributed by atoms with Crippen molar-refractivity contribution < 1.29 is 8.78 Å². The highest BCUT2D eigenvalue weighted by Gasteiger charge is 2.39. The maximum Gasteiger partial charge on any atom is 0.266 e. The smallest absolute Gasteiger partial charge is 0.266 e. The molecule has 1 saturated heterocycles. The first-order valence-corrected chi connectivity index (χ1v) is 5.36. The molecule has 0 saturated carbocycles. The summed E-state index contributed by atoms with van der Waals surface area (Å²) in [5.74, 6) is -1.44. The van der Waals surface area contributed by atoms with Crippen molar-refractivity contribution in [3.63, 3.8) is 0 Å². The van der Waals surface area contributed by atoms with E-state index in [1.807, 2.05) is 6.92 Å². The minimum atomic E-state index is -2.64. The lowest BCUT2D eigenvalue weighted by molar-refractivity contribution is 0.0257. The first-order valence-electron chi connectivity index (χ1n) is 5.36. The second-order valence-corrected chi connectivity index (χ2v) is 4.22. The Hall–Kier alpha value is -1.79. The van der Waals surface area contributed by atoms with Crippen molar-refractivity contribution in [1.82, 2.24) is 19.6 Å². The third kappa shape index (κ3) is 1.62. The van der Waals surface area contributed by atoms with Gasteiger partial charge >= 0.3 is 0 Å². The molecule has 0 N–H and O–H groups in total. The van der Waals surface area contributed by atoms with Crippen molar-refractivity contribution in [2.75, 3.05) is 18.0 Å². The molecule has 0 atom stereocenters. The van der Waals surface area contributed by atoms with Crippen LogP contribution in [0, 0.1) is 6.92 Å². The van der Waals surface area contributed by atoms with Gasteiger partial charge in [-0.15, -0.1) is 10.2 Å². The first kappa shape index (κ1) is 10.4. The number of nitrogens with zero attached hydrogens (tertiary/aromatic N) is 5. The van der Waals surface area contributed by atoms with Crippen LogP contribution in [0.5, 0.6) is 0 Å². The Morgan fingerprint density at radius 3 is 2.88 bits per heavy atom. The largest absolute Gasteiger partial charge is 0.347 e. The Bertz CT molecular complexity index is 565. The summed E-state index contributed by atoms with van der Waals surface area (Å²) in [4.78, 5) is 5.70. The van der Waals surface area contributed by atoms with Gasteiger partial charge in [-0.1, -0.05) is 0 Å². The predicted octanol–water partition coefficient (Wildman–Crippen LogP) is 1.28. The van der Waals surface area contributed by atoms with Gasteiger partial charge in [-0.3, -0.25) is 4.40 Å². The van der Waals surface area contributed by atoms with Crippen molar-refractivity contribution in [3.8, 4) is 0 Å². The van der Waals surface area contributed by atoms with E-state index in [2.05, 4.69) is 15.2 Å². The summed E-state index contributed by atoms with van der Waals surface area (Å²) in [7, 11) is 0. The van der Waals surface area contributed by atoms with E-state index < -0.39 is 5.92 Å². The summed E-state index contributed by atoms with van der Waals surface area (Å²) in [6, 6.07) is 0. The Morgan fingerprint density at radius 1 is 1.35 bits per heavy atom. The molecule has 0 aromatic carbocycles. The maximum absolute atomic E-state index is 13.2. The van der Waals surface area contributed by atoms with Gasteiger partial charge in [0.05, 0.1) is 6.54 Å². The van der Waals surface area contributed by atoms with Gasteiger partial charge in [-0.05, 0) is 6.92 Å². The van der Waals surface area contributed by atoms with Gasteiger partial charge in [0.25, 0.3) is 5.92 Å². The molecule has 1 aliphatic heterocycles. The van der Waals surface area contributed by atoms with Crippen LogP contribution in [0.3, 0.4) is 0 Å². The van der Waals surface area contributed by atoms with Crippen molar-refractivity contribution >= 4 is 11.5 Å². The topological polar surface area (TPSA) is 46.3 Å². The zero-order valence-corrected chi connectivity index (χ0v) is 9.27. The van der Waals surface area contributed by atoms with Gasteiger partial charge in [0.15, 0.2) is 5.82 Å². The highest BCUT2D eigenvalue weighted by Crippen LogP contribution is 2.31. The van der Waals surface area contributed by atoms with Crippen molar-refractivity contribution in [2.24, 2.45) is 0 Å². The highest BCUT2D eigenvalue weighted by molar-refractivity contribution is 5.64. The van der Waals surface area contributed by atoms with Crippen molar-refractivity contribution in [2.45, 2.75) is 19.3 Å². The van der Waals surface area contributed by atoms with Crippen LogP contribution in [0.2, 0.25) is 0 Å². The van der Waals surface area contributed by atoms with E-state index in [0.717, 1.165) is 5.82 Å². The third-order valence-corrected chi connectivity index (χ3v) is 2.95. The van der Waals surface area contributed by atoms with Crippen LogP contribution < -0.4 is 4.90 Å². The Kier molecular flexibility index (Phi) is 2.04. The lowest BCUT2D eigenvalue weighted by Gasteiger charge is -2.16. The SMILES string of the molecule is Cc1nnc2c(N3CCC(F)(F)C3)nccn12. The van der Waals surface area contributed by atoms with E-state index in [1.54, 1.807) is 21.7 Å². The number of aromatic nitrogens is 4. The van der Waals surface area contributed by atoms with Gasteiger partial charge in [-0.25, -0.2) is 13.8 Å². The number of rotatable bonds is 1. The highest BCUT2D eigenvalue weighted by atomic mass is 19.3. The van der Waals surface area contributed by atoms with E-state index in [-0.39, 0.29) is 13.0 Å². The summed E-state index contributed by atoms with van der Waals surface area (Å²) in [5, 5.41) is 7.90. The number of hydrogen-bond acceptors (Lipinski definition) is 4. The molecule has 0 aliphatic carbocycles. The Morgan fingerprint density at radius 2 is 2.18 bits per heavy atom. The number of fused-ring (bicyclic) bond motifs is 1. The number of halogens is 2. The predicted molar refractivity (Wildman–Crippen MR) is 57.3 cm³/mol. The summed E-state index contributed by atoms with van der Waals surface area (Å²) in [6.07, 6.45) is 3.17. The quantitative estimate of drug-likeness (QED) is 0.752. The molecule has 0 amide bonds. The Labute approximate surface area is 96.1 Å². The van der Waals surface area contributed by atoms with Crippen LogP contribution in [0.15, 0.2) is 12.4 Å². The average molecular weight is 239 g/mol. The molecule has 5 nitrogen and oxygen atoms in total. The molecule has 3 rings (SSSR count). The third-order valence-electron chi connectivity index (χ3n) is 2.95. The maximum atomic E-state index is 13.2. The van der Waals surface area contributed by atoms with Crippen LogP contribution in [-0.2, 0) is 0 Å². The summed E-state index contributed by atoms with van der Waals surface area (Å²) < 4.78 is 28.1. The number of anilines is 1. The summed E-state index contributed by atoms with van der Waals surface area (Å²) in [5.41, 5.74) is 0.530. The average Bonchev–Trinajstić information content (AvgIpc) is 2.83. The molecular formula is C10H11F2N5. The summed E-state index contributed by atoms with van der Waals surface area (Å²) >= 11 is 0. The molecule has 2 aromatic rings. The fraction of sp³-hybridized carbons (Fsp3) is 0.500. The van der Waals surface area contributed by atoms with Gasteiger partial charge in [0, 0.05) is 25.4 Å². The van der Waals surface area contributed by atoms with Crippen molar-refractivity contribution in [1.29, 1.82) is 0 Å². The van der Waals surface area contributed by atoms with Crippen LogP contribution in [0.1, 0.15) is 12.2 Å². The van der Waals surface area contributed by atoms with Gasteiger partial charge < -0.3 is 4.90 Å². The molecular weight excluding hydrogens is 228 g/mol. The number of aryl methyl sites for hydroxylation is 1. The zero-order valence-electron chi connectivity index (χ0n) is 9.27. The first-order chi connectivity index (χ1) is 8.07. The van der Waals surface area contributed by atoms with Crippen LogP contribution in [0.4, 0.5) is 14.6 Å². The van der Waals surface area contributed by atoms with E-state index in [1.165, 1.54) is 0 Å². The van der Waals surface area contributed by atoms with Crippen LogP contribution in [-0.4, -0.2) is 38.6 Å². The molecule has 90 valence electrons. The van der Waals surface area contributed by atoms with E-state index in [9.17, 15) is 8.78 Å². The normalized spacial score (nSPS) is 19.1. The number of hydrogen-bond donors (Lipinski definition) is 0. The van der Waals surface area contributed by atoms with Crippen molar-refractivity contribution in [3.05, 3.63) is 18.2 Å². The van der Waals surface area contributed by atoms with Gasteiger partial charge in [0.1, 0.15) is 5.82 Å². The van der Waals surface area contributed by atoms with E-state index >= 15 is 0 Å². The standard InChI is InChI=1S/C10H11F2N5/c1-7-14-15-9-8(13-3-5-17(7)9)16-4-2-10(11,12)6-16/h3,5H,2,4,6H2,1H3. The minimum absolute atomic E-state index is 0.136. The van der Waals surface area contributed by atoms with Gasteiger partial charge in [-0.2, -0.15) is 0 Å². The van der Waals surface area contributed by atoms with E-state index in [0.29, 0.717) is 18.0 Å². The molecule has 0 spiro atoms. The minimum Gasteiger partial charge on any atom is -0.347 e.